The standard InChI is InChI=1S/C17H25NO2/c1-4-14-11-18(8-7-16(14)19)17(20)10-15-9-12(2)5-6-13(15)3/h5-6,9,14,16,19H,4,7-8,10-11H2,1-3H3. The third kappa shape index (κ3) is 3.40. The summed E-state index contributed by atoms with van der Waals surface area (Å²) in [7, 11) is 0. The monoisotopic (exact) mass is 275 g/mol. The van der Waals surface area contributed by atoms with E-state index in [0.717, 1.165) is 12.0 Å². The molecule has 20 heavy (non-hydrogen) atoms. The highest BCUT2D eigenvalue weighted by Gasteiger charge is 2.28. The highest BCUT2D eigenvalue weighted by atomic mass is 16.3. The lowest BCUT2D eigenvalue weighted by molar-refractivity contribution is -0.134. The summed E-state index contributed by atoms with van der Waals surface area (Å²) in [5.41, 5.74) is 3.49. The van der Waals surface area contributed by atoms with Gasteiger partial charge in [0.2, 0.25) is 5.91 Å². The van der Waals surface area contributed by atoms with Crippen LogP contribution < -0.4 is 0 Å². The lowest BCUT2D eigenvalue weighted by Crippen LogP contribution is -2.46. The van der Waals surface area contributed by atoms with Gasteiger partial charge in [-0.3, -0.25) is 4.79 Å². The van der Waals surface area contributed by atoms with E-state index in [1.54, 1.807) is 0 Å². The van der Waals surface area contributed by atoms with Crippen LogP contribution in [0.25, 0.3) is 0 Å². The molecule has 1 aliphatic rings. The maximum absolute atomic E-state index is 12.4. The summed E-state index contributed by atoms with van der Waals surface area (Å²) >= 11 is 0. The number of rotatable bonds is 3. The maximum atomic E-state index is 12.4. The summed E-state index contributed by atoms with van der Waals surface area (Å²) in [6.07, 6.45) is 1.86. The van der Waals surface area contributed by atoms with Gasteiger partial charge in [-0.15, -0.1) is 0 Å². The number of nitrogens with zero attached hydrogens (tertiary/aromatic N) is 1. The first-order chi connectivity index (χ1) is 9.51. The van der Waals surface area contributed by atoms with Gasteiger partial charge in [0.25, 0.3) is 0 Å². The smallest absolute Gasteiger partial charge is 0.227 e. The summed E-state index contributed by atoms with van der Waals surface area (Å²) in [5, 5.41) is 9.90. The second-order valence-electron chi connectivity index (χ2n) is 5.97. The van der Waals surface area contributed by atoms with E-state index in [1.807, 2.05) is 4.90 Å². The average molecular weight is 275 g/mol. The number of aliphatic hydroxyl groups excluding tert-OH is 1. The molecule has 1 saturated heterocycles. The number of amides is 1. The first-order valence-electron chi connectivity index (χ1n) is 7.53. The Bertz CT molecular complexity index is 484. The number of carbonyl (C=O) groups is 1. The molecule has 3 nitrogen and oxygen atoms in total. The molecule has 0 aromatic heterocycles. The molecule has 0 bridgehead atoms. The Kier molecular flexibility index (Phi) is 4.81. The van der Waals surface area contributed by atoms with Crippen molar-refractivity contribution < 1.29 is 9.90 Å². The van der Waals surface area contributed by atoms with Crippen molar-refractivity contribution in [3.05, 3.63) is 34.9 Å². The molecular formula is C17H25NO2. The van der Waals surface area contributed by atoms with E-state index in [2.05, 4.69) is 39.0 Å². The second kappa shape index (κ2) is 6.40. The van der Waals surface area contributed by atoms with Gasteiger partial charge in [-0.1, -0.05) is 30.7 Å². The molecule has 1 N–H and O–H groups in total. The molecule has 2 rings (SSSR count). The summed E-state index contributed by atoms with van der Waals surface area (Å²) < 4.78 is 0. The van der Waals surface area contributed by atoms with Crippen molar-refractivity contribution in [1.29, 1.82) is 0 Å². The minimum atomic E-state index is -0.246. The van der Waals surface area contributed by atoms with Crippen molar-refractivity contribution in [2.24, 2.45) is 5.92 Å². The molecule has 3 heteroatoms. The van der Waals surface area contributed by atoms with Crippen molar-refractivity contribution >= 4 is 5.91 Å². The largest absolute Gasteiger partial charge is 0.393 e. The lowest BCUT2D eigenvalue weighted by Gasteiger charge is -2.36. The van der Waals surface area contributed by atoms with Crippen molar-refractivity contribution in [2.45, 2.75) is 46.1 Å². The van der Waals surface area contributed by atoms with Crippen LogP contribution in [0.5, 0.6) is 0 Å². The van der Waals surface area contributed by atoms with Crippen LogP contribution in [0, 0.1) is 19.8 Å². The number of piperidine rings is 1. The van der Waals surface area contributed by atoms with E-state index in [0.29, 0.717) is 25.9 Å². The predicted octanol–water partition coefficient (Wildman–Crippen LogP) is 2.47. The van der Waals surface area contributed by atoms with Crippen LogP contribution in [0.3, 0.4) is 0 Å². The lowest BCUT2D eigenvalue weighted by atomic mass is 9.92. The predicted molar refractivity (Wildman–Crippen MR) is 80.6 cm³/mol. The van der Waals surface area contributed by atoms with Gasteiger partial charge in [0.15, 0.2) is 0 Å². The fourth-order valence-electron chi connectivity index (χ4n) is 2.91. The van der Waals surface area contributed by atoms with Gasteiger partial charge in [-0.25, -0.2) is 0 Å². The molecule has 1 aromatic rings. The number of aryl methyl sites for hydroxylation is 2. The zero-order chi connectivity index (χ0) is 14.7. The molecule has 2 atom stereocenters. The van der Waals surface area contributed by atoms with Crippen LogP contribution in [0.4, 0.5) is 0 Å². The van der Waals surface area contributed by atoms with E-state index in [1.165, 1.54) is 11.1 Å². The average Bonchev–Trinajstić information content (AvgIpc) is 2.43. The zero-order valence-corrected chi connectivity index (χ0v) is 12.7. The van der Waals surface area contributed by atoms with Crippen molar-refractivity contribution in [3.8, 4) is 0 Å². The van der Waals surface area contributed by atoms with Gasteiger partial charge in [-0.2, -0.15) is 0 Å². The fraction of sp³-hybridized carbons (Fsp3) is 0.588. The van der Waals surface area contributed by atoms with E-state index in [9.17, 15) is 9.90 Å². The molecule has 0 saturated carbocycles. The number of benzene rings is 1. The second-order valence-corrected chi connectivity index (χ2v) is 5.97. The topological polar surface area (TPSA) is 40.5 Å². The molecule has 1 aliphatic heterocycles. The van der Waals surface area contributed by atoms with E-state index in [4.69, 9.17) is 0 Å². The molecule has 110 valence electrons. The minimum Gasteiger partial charge on any atom is -0.393 e. The Labute approximate surface area is 121 Å². The van der Waals surface area contributed by atoms with E-state index >= 15 is 0 Å². The molecule has 0 radical (unpaired) electrons. The van der Waals surface area contributed by atoms with Gasteiger partial charge in [0.1, 0.15) is 0 Å². The van der Waals surface area contributed by atoms with Gasteiger partial charge < -0.3 is 10.0 Å². The Morgan fingerprint density at radius 1 is 1.40 bits per heavy atom. The highest BCUT2D eigenvalue weighted by molar-refractivity contribution is 5.79. The van der Waals surface area contributed by atoms with Crippen molar-refractivity contribution in [1.82, 2.24) is 4.90 Å². The summed E-state index contributed by atoms with van der Waals surface area (Å²) in [6.45, 7) is 7.56. The summed E-state index contributed by atoms with van der Waals surface area (Å²) in [5.74, 6) is 0.412. The van der Waals surface area contributed by atoms with Crippen molar-refractivity contribution in [3.63, 3.8) is 0 Å². The van der Waals surface area contributed by atoms with Crippen molar-refractivity contribution in [2.75, 3.05) is 13.1 Å². The summed E-state index contributed by atoms with van der Waals surface area (Å²) in [4.78, 5) is 14.4. The molecular weight excluding hydrogens is 250 g/mol. The van der Waals surface area contributed by atoms with Crippen LogP contribution >= 0.6 is 0 Å². The molecule has 0 spiro atoms. The highest BCUT2D eigenvalue weighted by Crippen LogP contribution is 2.21. The van der Waals surface area contributed by atoms with Crippen LogP contribution in [0.1, 0.15) is 36.5 Å². The van der Waals surface area contributed by atoms with Crippen LogP contribution in [-0.4, -0.2) is 35.1 Å². The van der Waals surface area contributed by atoms with E-state index in [-0.39, 0.29) is 17.9 Å². The van der Waals surface area contributed by atoms with Crippen LogP contribution in [0.15, 0.2) is 18.2 Å². The van der Waals surface area contributed by atoms with Gasteiger partial charge in [0.05, 0.1) is 12.5 Å². The molecule has 2 unspecified atom stereocenters. The van der Waals surface area contributed by atoms with Crippen LogP contribution in [-0.2, 0) is 11.2 Å². The zero-order valence-electron chi connectivity index (χ0n) is 12.7. The fourth-order valence-corrected chi connectivity index (χ4v) is 2.91. The molecule has 0 aliphatic carbocycles. The Balaban J connectivity index is 2.03. The van der Waals surface area contributed by atoms with E-state index < -0.39 is 0 Å². The maximum Gasteiger partial charge on any atom is 0.227 e. The third-order valence-electron chi connectivity index (χ3n) is 4.42. The molecule has 1 amide bonds. The van der Waals surface area contributed by atoms with Gasteiger partial charge in [0, 0.05) is 19.0 Å². The molecule has 1 heterocycles. The normalized spacial score (nSPS) is 22.9. The van der Waals surface area contributed by atoms with Gasteiger partial charge in [-0.05, 0) is 37.8 Å². The van der Waals surface area contributed by atoms with Crippen LogP contribution in [0.2, 0.25) is 0 Å². The molecule has 1 fully saturated rings. The SMILES string of the molecule is CCC1CN(C(=O)Cc2cc(C)ccc2C)CCC1O. The number of hydrogen-bond donors (Lipinski definition) is 1. The number of carbonyl (C=O) groups excluding carboxylic acids is 1. The third-order valence-corrected chi connectivity index (χ3v) is 4.42. The van der Waals surface area contributed by atoms with Gasteiger partial charge >= 0.3 is 0 Å². The number of hydrogen-bond acceptors (Lipinski definition) is 2. The number of likely N-dealkylation sites (tertiary alicyclic amines) is 1. The first-order valence-corrected chi connectivity index (χ1v) is 7.53. The quantitative estimate of drug-likeness (QED) is 0.920. The number of aliphatic hydroxyl groups is 1. The Morgan fingerprint density at radius 3 is 2.85 bits per heavy atom. The first kappa shape index (κ1) is 15.0. The Hall–Kier alpha value is -1.35. The Morgan fingerprint density at radius 2 is 2.15 bits per heavy atom. The minimum absolute atomic E-state index is 0.184. The molecule has 1 aromatic carbocycles. The summed E-state index contributed by atoms with van der Waals surface area (Å²) in [6, 6.07) is 6.25.